The first-order chi connectivity index (χ1) is 16.4. The number of benzene rings is 3. The van der Waals surface area contributed by atoms with Crippen molar-refractivity contribution in [1.29, 1.82) is 0 Å². The van der Waals surface area contributed by atoms with E-state index in [2.05, 4.69) is 63.3 Å². The van der Waals surface area contributed by atoms with Crippen LogP contribution in [0.25, 0.3) is 17.7 Å². The van der Waals surface area contributed by atoms with Crippen molar-refractivity contribution in [1.82, 2.24) is 0 Å². The van der Waals surface area contributed by atoms with Gasteiger partial charge >= 0.3 is 0 Å². The first-order valence-electron chi connectivity index (χ1n) is 11.8. The van der Waals surface area contributed by atoms with E-state index in [1.165, 1.54) is 0 Å². The van der Waals surface area contributed by atoms with Gasteiger partial charge < -0.3 is 18.9 Å². The maximum absolute atomic E-state index is 6.35. The molecule has 0 saturated carbocycles. The Labute approximate surface area is 201 Å². The standard InChI is InChI=1S/C30H30O4/c1-5-31-23-11-12-24(27(17-23)32-18-21-9-7-6-8-10-21)22-16-26-20(2)15-28-25(29(26)33-19-22)13-14-30(3,4)34-28/h6-17H,5,18-19H2,1-4H3. The van der Waals surface area contributed by atoms with Gasteiger partial charge in [-0.1, -0.05) is 30.3 Å². The Morgan fingerprint density at radius 3 is 2.59 bits per heavy atom. The summed E-state index contributed by atoms with van der Waals surface area (Å²) in [5.74, 6) is 3.33. The summed E-state index contributed by atoms with van der Waals surface area (Å²) in [6.07, 6.45) is 6.41. The minimum absolute atomic E-state index is 0.323. The van der Waals surface area contributed by atoms with Crippen LogP contribution in [-0.4, -0.2) is 18.8 Å². The van der Waals surface area contributed by atoms with Crippen LogP contribution in [0.5, 0.6) is 23.0 Å². The Hall–Kier alpha value is -3.66. The summed E-state index contributed by atoms with van der Waals surface area (Å²) in [5.41, 5.74) is 6.08. The van der Waals surface area contributed by atoms with Crippen molar-refractivity contribution in [3.05, 3.63) is 88.5 Å². The van der Waals surface area contributed by atoms with E-state index in [0.717, 1.165) is 56.4 Å². The summed E-state index contributed by atoms with van der Waals surface area (Å²) < 4.78 is 24.6. The van der Waals surface area contributed by atoms with Crippen LogP contribution in [0.1, 0.15) is 48.6 Å². The first kappa shape index (κ1) is 22.1. The average molecular weight is 455 g/mol. The zero-order chi connectivity index (χ0) is 23.7. The molecule has 0 bridgehead atoms. The fourth-order valence-electron chi connectivity index (χ4n) is 4.37. The average Bonchev–Trinajstić information content (AvgIpc) is 2.83. The van der Waals surface area contributed by atoms with E-state index >= 15 is 0 Å². The van der Waals surface area contributed by atoms with Crippen molar-refractivity contribution < 1.29 is 18.9 Å². The van der Waals surface area contributed by atoms with Crippen LogP contribution in [0.4, 0.5) is 0 Å². The van der Waals surface area contributed by atoms with Crippen molar-refractivity contribution in [3.8, 4) is 23.0 Å². The SMILES string of the molecule is CCOc1ccc(C2=Cc3c(C)cc4c(c3OC2)C=CC(C)(C)O4)c(OCc2ccccc2)c1. The molecule has 0 aromatic heterocycles. The van der Waals surface area contributed by atoms with Gasteiger partial charge in [-0.05, 0) is 75.2 Å². The molecule has 174 valence electrons. The molecule has 0 aliphatic carbocycles. The molecule has 0 fully saturated rings. The zero-order valence-corrected chi connectivity index (χ0v) is 20.2. The molecule has 0 atom stereocenters. The van der Waals surface area contributed by atoms with Crippen LogP contribution in [-0.2, 0) is 6.61 Å². The van der Waals surface area contributed by atoms with Gasteiger partial charge in [0, 0.05) is 22.8 Å². The van der Waals surface area contributed by atoms with Gasteiger partial charge in [-0.3, -0.25) is 0 Å². The van der Waals surface area contributed by atoms with Gasteiger partial charge in [-0.2, -0.15) is 0 Å². The second kappa shape index (κ2) is 8.94. The summed E-state index contributed by atoms with van der Waals surface area (Å²) in [5, 5.41) is 0. The lowest BCUT2D eigenvalue weighted by Gasteiger charge is -2.31. The Balaban J connectivity index is 1.52. The summed E-state index contributed by atoms with van der Waals surface area (Å²) in [6, 6.07) is 18.3. The third kappa shape index (κ3) is 4.41. The predicted molar refractivity (Wildman–Crippen MR) is 137 cm³/mol. The second-order valence-corrected chi connectivity index (χ2v) is 9.21. The second-order valence-electron chi connectivity index (χ2n) is 9.21. The Morgan fingerprint density at radius 2 is 1.79 bits per heavy atom. The molecular formula is C30H30O4. The molecule has 0 saturated heterocycles. The number of fused-ring (bicyclic) bond motifs is 3. The highest BCUT2D eigenvalue weighted by Gasteiger charge is 2.28. The van der Waals surface area contributed by atoms with E-state index < -0.39 is 0 Å². The molecule has 2 heterocycles. The highest BCUT2D eigenvalue weighted by molar-refractivity contribution is 5.91. The Morgan fingerprint density at radius 1 is 0.971 bits per heavy atom. The van der Waals surface area contributed by atoms with E-state index in [1.807, 2.05) is 37.3 Å². The molecule has 2 aliphatic heterocycles. The number of hydrogen-bond acceptors (Lipinski definition) is 4. The summed E-state index contributed by atoms with van der Waals surface area (Å²) in [4.78, 5) is 0. The monoisotopic (exact) mass is 454 g/mol. The largest absolute Gasteiger partial charge is 0.494 e. The molecule has 0 amide bonds. The number of hydrogen-bond donors (Lipinski definition) is 0. The molecule has 34 heavy (non-hydrogen) atoms. The number of aryl methyl sites for hydroxylation is 1. The van der Waals surface area contributed by atoms with Gasteiger partial charge in [0.15, 0.2) is 0 Å². The third-order valence-corrected chi connectivity index (χ3v) is 6.09. The van der Waals surface area contributed by atoms with Gasteiger partial charge in [0.1, 0.15) is 41.8 Å². The molecule has 4 heteroatoms. The maximum atomic E-state index is 6.35. The van der Waals surface area contributed by atoms with Gasteiger partial charge in [-0.25, -0.2) is 0 Å². The maximum Gasteiger partial charge on any atom is 0.138 e. The van der Waals surface area contributed by atoms with Gasteiger partial charge in [0.2, 0.25) is 0 Å². The van der Waals surface area contributed by atoms with Crippen molar-refractivity contribution in [2.24, 2.45) is 0 Å². The fourth-order valence-corrected chi connectivity index (χ4v) is 4.37. The zero-order valence-electron chi connectivity index (χ0n) is 20.2. The molecule has 3 aromatic carbocycles. The van der Waals surface area contributed by atoms with Crippen LogP contribution < -0.4 is 18.9 Å². The van der Waals surface area contributed by atoms with Crippen molar-refractivity contribution in [2.45, 2.75) is 39.9 Å². The highest BCUT2D eigenvalue weighted by atomic mass is 16.5. The molecule has 0 N–H and O–H groups in total. The number of ether oxygens (including phenoxy) is 4. The highest BCUT2D eigenvalue weighted by Crippen LogP contribution is 2.45. The van der Waals surface area contributed by atoms with E-state index in [-0.39, 0.29) is 5.60 Å². The minimum atomic E-state index is -0.323. The minimum Gasteiger partial charge on any atom is -0.494 e. The number of rotatable bonds is 6. The quantitative estimate of drug-likeness (QED) is 0.398. The molecule has 2 aliphatic rings. The van der Waals surface area contributed by atoms with Crippen LogP contribution in [0.2, 0.25) is 0 Å². The summed E-state index contributed by atoms with van der Waals surface area (Å²) >= 11 is 0. The van der Waals surface area contributed by atoms with Gasteiger partial charge in [-0.15, -0.1) is 0 Å². The van der Waals surface area contributed by atoms with E-state index in [1.54, 1.807) is 0 Å². The Bertz CT molecular complexity index is 1270. The Kier molecular flexibility index (Phi) is 5.82. The van der Waals surface area contributed by atoms with Crippen molar-refractivity contribution in [2.75, 3.05) is 13.2 Å². The molecule has 4 nitrogen and oxygen atoms in total. The van der Waals surface area contributed by atoms with E-state index in [0.29, 0.717) is 19.8 Å². The first-order valence-corrected chi connectivity index (χ1v) is 11.8. The van der Waals surface area contributed by atoms with E-state index in [4.69, 9.17) is 18.9 Å². The normalized spacial score (nSPS) is 15.4. The smallest absolute Gasteiger partial charge is 0.138 e. The predicted octanol–water partition coefficient (Wildman–Crippen LogP) is 7.09. The lowest BCUT2D eigenvalue weighted by molar-refractivity contribution is 0.158. The molecular weight excluding hydrogens is 424 g/mol. The van der Waals surface area contributed by atoms with Gasteiger partial charge in [0.25, 0.3) is 0 Å². The van der Waals surface area contributed by atoms with Crippen LogP contribution in [0.15, 0.2) is 60.7 Å². The van der Waals surface area contributed by atoms with Crippen molar-refractivity contribution >= 4 is 17.7 Å². The van der Waals surface area contributed by atoms with Crippen LogP contribution >= 0.6 is 0 Å². The third-order valence-electron chi connectivity index (χ3n) is 6.09. The summed E-state index contributed by atoms with van der Waals surface area (Å²) in [7, 11) is 0. The van der Waals surface area contributed by atoms with Crippen molar-refractivity contribution in [3.63, 3.8) is 0 Å². The van der Waals surface area contributed by atoms with E-state index in [9.17, 15) is 0 Å². The lowest BCUT2D eigenvalue weighted by atomic mass is 9.92. The molecule has 3 aromatic rings. The topological polar surface area (TPSA) is 36.9 Å². The van der Waals surface area contributed by atoms with Crippen LogP contribution in [0, 0.1) is 6.92 Å². The molecule has 0 spiro atoms. The summed E-state index contributed by atoms with van der Waals surface area (Å²) in [6.45, 7) is 9.74. The molecule has 0 radical (unpaired) electrons. The lowest BCUT2D eigenvalue weighted by Crippen LogP contribution is -2.28. The molecule has 5 rings (SSSR count). The van der Waals surface area contributed by atoms with Crippen LogP contribution in [0.3, 0.4) is 0 Å². The fraction of sp³-hybridized carbons (Fsp3) is 0.267. The molecule has 0 unspecified atom stereocenters. The van der Waals surface area contributed by atoms with Gasteiger partial charge in [0.05, 0.1) is 12.2 Å².